The number of nitrogens with one attached hydrogen (secondary N) is 1. The van der Waals surface area contributed by atoms with Crippen LogP contribution in [-0.2, 0) is 0 Å². The Labute approximate surface area is 125 Å². The summed E-state index contributed by atoms with van der Waals surface area (Å²) in [5.74, 6) is 0. The molecule has 0 spiro atoms. The predicted octanol–water partition coefficient (Wildman–Crippen LogP) is 5.17. The van der Waals surface area contributed by atoms with E-state index in [4.69, 9.17) is 11.6 Å². The third kappa shape index (κ3) is 2.97. The van der Waals surface area contributed by atoms with Crippen LogP contribution in [0.2, 0.25) is 4.34 Å². The number of rotatable bonds is 4. The van der Waals surface area contributed by atoms with E-state index in [2.05, 4.69) is 52.4 Å². The van der Waals surface area contributed by atoms with E-state index < -0.39 is 0 Å². The second kappa shape index (κ2) is 6.20. The first-order valence-corrected chi connectivity index (χ1v) is 7.86. The van der Waals surface area contributed by atoms with Gasteiger partial charge in [0.15, 0.2) is 0 Å². The van der Waals surface area contributed by atoms with Crippen molar-refractivity contribution >= 4 is 38.9 Å². The fourth-order valence-corrected chi connectivity index (χ4v) is 3.73. The summed E-state index contributed by atoms with van der Waals surface area (Å²) < 4.78 is 2.00. The minimum Gasteiger partial charge on any atom is -0.306 e. The van der Waals surface area contributed by atoms with E-state index in [9.17, 15) is 0 Å². The highest BCUT2D eigenvalue weighted by atomic mass is 79.9. The largest absolute Gasteiger partial charge is 0.306 e. The van der Waals surface area contributed by atoms with Crippen molar-refractivity contribution in [3.8, 4) is 0 Å². The topological polar surface area (TPSA) is 12.0 Å². The number of hydrogen-bond acceptors (Lipinski definition) is 2. The molecule has 0 saturated heterocycles. The van der Waals surface area contributed by atoms with Gasteiger partial charge in [-0.25, -0.2) is 0 Å². The van der Waals surface area contributed by atoms with Crippen molar-refractivity contribution in [3.63, 3.8) is 0 Å². The Kier molecular flexibility index (Phi) is 4.84. The van der Waals surface area contributed by atoms with Crippen LogP contribution >= 0.6 is 38.9 Å². The molecule has 1 unspecified atom stereocenters. The minimum absolute atomic E-state index is 0.196. The molecule has 2 rings (SSSR count). The zero-order chi connectivity index (χ0) is 13.1. The van der Waals surface area contributed by atoms with Crippen molar-refractivity contribution in [3.05, 3.63) is 55.1 Å². The molecular formula is C14H15BrClNS. The summed E-state index contributed by atoms with van der Waals surface area (Å²) >= 11 is 11.4. The number of thiophene rings is 1. The van der Waals surface area contributed by atoms with Gasteiger partial charge in [-0.2, -0.15) is 0 Å². The van der Waals surface area contributed by atoms with Gasteiger partial charge in [0, 0.05) is 9.35 Å². The van der Waals surface area contributed by atoms with Crippen LogP contribution in [0.5, 0.6) is 0 Å². The molecule has 0 fully saturated rings. The highest BCUT2D eigenvalue weighted by molar-refractivity contribution is 9.10. The van der Waals surface area contributed by atoms with Gasteiger partial charge in [-0.15, -0.1) is 11.3 Å². The second-order valence-electron chi connectivity index (χ2n) is 4.12. The lowest BCUT2D eigenvalue weighted by Crippen LogP contribution is -2.21. The third-order valence-electron chi connectivity index (χ3n) is 2.79. The molecular weight excluding hydrogens is 330 g/mol. The standard InChI is InChI=1S/C14H15BrClNS/c1-3-17-13(10-6-4-5-7-11(10)15)12-8-9(2)14(16)18-12/h4-8,13,17H,3H2,1-2H3. The molecule has 96 valence electrons. The van der Waals surface area contributed by atoms with Crippen LogP contribution in [0.25, 0.3) is 0 Å². The lowest BCUT2D eigenvalue weighted by Gasteiger charge is -2.18. The van der Waals surface area contributed by atoms with Crippen LogP contribution in [0.1, 0.15) is 29.0 Å². The van der Waals surface area contributed by atoms with Crippen LogP contribution in [0, 0.1) is 6.92 Å². The Balaban J connectivity index is 2.43. The highest BCUT2D eigenvalue weighted by Gasteiger charge is 2.18. The number of halogens is 2. The SMILES string of the molecule is CCNC(c1cc(C)c(Cl)s1)c1ccccc1Br. The van der Waals surface area contributed by atoms with Gasteiger partial charge < -0.3 is 5.32 Å². The van der Waals surface area contributed by atoms with E-state index >= 15 is 0 Å². The Morgan fingerprint density at radius 2 is 2.11 bits per heavy atom. The molecule has 0 amide bonds. The molecule has 0 aliphatic heterocycles. The molecule has 0 aliphatic rings. The summed E-state index contributed by atoms with van der Waals surface area (Å²) in [5.41, 5.74) is 2.39. The summed E-state index contributed by atoms with van der Waals surface area (Å²) in [4.78, 5) is 1.26. The average Bonchev–Trinajstić information content (AvgIpc) is 2.68. The Morgan fingerprint density at radius 3 is 2.67 bits per heavy atom. The zero-order valence-corrected chi connectivity index (χ0v) is 13.5. The quantitative estimate of drug-likeness (QED) is 0.806. The normalized spacial score (nSPS) is 12.7. The van der Waals surface area contributed by atoms with Crippen LogP contribution in [0.15, 0.2) is 34.8 Å². The van der Waals surface area contributed by atoms with Crippen molar-refractivity contribution in [2.75, 3.05) is 6.54 Å². The minimum atomic E-state index is 0.196. The fraction of sp³-hybridized carbons (Fsp3) is 0.286. The predicted molar refractivity (Wildman–Crippen MR) is 83.7 cm³/mol. The summed E-state index contributed by atoms with van der Waals surface area (Å²) in [6, 6.07) is 10.7. The first-order chi connectivity index (χ1) is 8.63. The van der Waals surface area contributed by atoms with Gasteiger partial charge in [0.05, 0.1) is 10.4 Å². The van der Waals surface area contributed by atoms with E-state index in [1.165, 1.54) is 10.4 Å². The number of hydrogen-bond donors (Lipinski definition) is 1. The second-order valence-corrected chi connectivity index (χ2v) is 6.66. The molecule has 0 saturated carbocycles. The molecule has 18 heavy (non-hydrogen) atoms. The van der Waals surface area contributed by atoms with Crippen LogP contribution in [0.3, 0.4) is 0 Å². The molecule has 1 N–H and O–H groups in total. The van der Waals surface area contributed by atoms with E-state index in [1.54, 1.807) is 11.3 Å². The maximum Gasteiger partial charge on any atom is 0.0961 e. The molecule has 1 heterocycles. The lowest BCUT2D eigenvalue weighted by atomic mass is 10.0. The summed E-state index contributed by atoms with van der Waals surface area (Å²) in [5, 5.41) is 3.52. The van der Waals surface area contributed by atoms with Gasteiger partial charge in [0.1, 0.15) is 0 Å². The van der Waals surface area contributed by atoms with Crippen molar-refractivity contribution in [2.24, 2.45) is 0 Å². The molecule has 0 radical (unpaired) electrons. The van der Waals surface area contributed by atoms with Gasteiger partial charge in [0.25, 0.3) is 0 Å². The molecule has 1 nitrogen and oxygen atoms in total. The average molecular weight is 345 g/mol. The Bertz CT molecular complexity index is 519. The van der Waals surface area contributed by atoms with Crippen molar-refractivity contribution in [2.45, 2.75) is 19.9 Å². The van der Waals surface area contributed by atoms with Gasteiger partial charge in [0.2, 0.25) is 0 Å². The smallest absolute Gasteiger partial charge is 0.0961 e. The van der Waals surface area contributed by atoms with Crippen LogP contribution in [-0.4, -0.2) is 6.54 Å². The first-order valence-electron chi connectivity index (χ1n) is 5.87. The summed E-state index contributed by atoms with van der Waals surface area (Å²) in [6.45, 7) is 5.08. The lowest BCUT2D eigenvalue weighted by molar-refractivity contribution is 0.637. The van der Waals surface area contributed by atoms with E-state index in [0.29, 0.717) is 0 Å². The van der Waals surface area contributed by atoms with Gasteiger partial charge in [-0.3, -0.25) is 0 Å². The van der Waals surface area contributed by atoms with Gasteiger partial charge in [-0.05, 0) is 36.7 Å². The Hall–Kier alpha value is -0.350. The fourth-order valence-electron chi connectivity index (χ4n) is 1.90. The van der Waals surface area contributed by atoms with Gasteiger partial charge in [-0.1, -0.05) is 52.7 Å². The first kappa shape index (κ1) is 14.1. The monoisotopic (exact) mass is 343 g/mol. The maximum absolute atomic E-state index is 6.18. The summed E-state index contributed by atoms with van der Waals surface area (Å²) in [7, 11) is 0. The summed E-state index contributed by atoms with van der Waals surface area (Å²) in [6.07, 6.45) is 0. The molecule has 2 aromatic rings. The highest BCUT2D eigenvalue weighted by Crippen LogP contribution is 2.36. The molecule has 1 atom stereocenters. The molecule has 0 aliphatic carbocycles. The number of benzene rings is 1. The van der Waals surface area contributed by atoms with E-state index in [0.717, 1.165) is 20.9 Å². The zero-order valence-electron chi connectivity index (χ0n) is 10.3. The van der Waals surface area contributed by atoms with Gasteiger partial charge >= 0.3 is 0 Å². The van der Waals surface area contributed by atoms with Crippen molar-refractivity contribution in [1.29, 1.82) is 0 Å². The van der Waals surface area contributed by atoms with E-state index in [-0.39, 0.29) is 6.04 Å². The third-order valence-corrected chi connectivity index (χ3v) is 5.13. The maximum atomic E-state index is 6.18. The van der Waals surface area contributed by atoms with Crippen molar-refractivity contribution in [1.82, 2.24) is 5.32 Å². The molecule has 1 aromatic carbocycles. The van der Waals surface area contributed by atoms with Crippen molar-refractivity contribution < 1.29 is 0 Å². The number of aryl methyl sites for hydroxylation is 1. The Morgan fingerprint density at radius 1 is 1.39 bits per heavy atom. The van der Waals surface area contributed by atoms with Crippen LogP contribution in [0.4, 0.5) is 0 Å². The van der Waals surface area contributed by atoms with E-state index in [1.807, 2.05) is 13.0 Å². The van der Waals surface area contributed by atoms with Crippen LogP contribution < -0.4 is 5.32 Å². The molecule has 4 heteroatoms. The molecule has 1 aromatic heterocycles. The molecule has 0 bridgehead atoms.